The number of azo groups is 1. The van der Waals surface area contributed by atoms with E-state index in [1.54, 1.807) is 19.4 Å². The van der Waals surface area contributed by atoms with Gasteiger partial charge in [-0.1, -0.05) is 15.9 Å². The van der Waals surface area contributed by atoms with Crippen LogP contribution in [0, 0.1) is 11.3 Å². The Morgan fingerprint density at radius 1 is 1.20 bits per heavy atom. The van der Waals surface area contributed by atoms with Crippen molar-refractivity contribution < 1.29 is 23.8 Å². The molecule has 0 aromatic carbocycles. The summed E-state index contributed by atoms with van der Waals surface area (Å²) in [7, 11) is 1.55. The second-order valence-corrected chi connectivity index (χ2v) is 9.44. The minimum absolute atomic E-state index is 0.00431. The number of piperidine rings is 1. The summed E-state index contributed by atoms with van der Waals surface area (Å²) in [6.45, 7) is 2.61. The molecule has 2 fully saturated rings. The maximum atomic E-state index is 13.1. The van der Waals surface area contributed by atoms with Gasteiger partial charge in [0.1, 0.15) is 29.9 Å². The van der Waals surface area contributed by atoms with E-state index < -0.39 is 22.9 Å². The molecule has 3 aliphatic rings. The lowest BCUT2D eigenvalue weighted by Crippen LogP contribution is -2.47. The predicted molar refractivity (Wildman–Crippen MR) is 128 cm³/mol. The Morgan fingerprint density at radius 3 is 2.69 bits per heavy atom. The molecule has 186 valence electrons. The van der Waals surface area contributed by atoms with E-state index in [1.807, 2.05) is 11.0 Å². The number of nitriles is 1. The molecule has 12 heteroatoms. The van der Waals surface area contributed by atoms with Gasteiger partial charge in [-0.05, 0) is 25.0 Å². The molecule has 3 atom stereocenters. The lowest BCUT2D eigenvalue weighted by atomic mass is 10.0. The highest BCUT2D eigenvalue weighted by atomic mass is 79.9. The zero-order valence-corrected chi connectivity index (χ0v) is 21.0. The number of carbonyl (C=O) groups excluding carboxylic acids is 2. The quantitative estimate of drug-likeness (QED) is 0.430. The molecular weight excluding hydrogens is 520 g/mol. The van der Waals surface area contributed by atoms with Crippen LogP contribution in [0.3, 0.4) is 0 Å². The van der Waals surface area contributed by atoms with Crippen molar-refractivity contribution in [2.24, 2.45) is 10.2 Å². The van der Waals surface area contributed by atoms with Gasteiger partial charge in [-0.2, -0.15) is 10.4 Å². The van der Waals surface area contributed by atoms with Gasteiger partial charge < -0.3 is 24.0 Å². The molecule has 0 radical (unpaired) electrons. The van der Waals surface area contributed by atoms with Crippen molar-refractivity contribution in [1.82, 2.24) is 9.88 Å². The first-order chi connectivity index (χ1) is 17.0. The summed E-state index contributed by atoms with van der Waals surface area (Å²) in [5, 5.41) is 16.1. The zero-order chi connectivity index (χ0) is 24.8. The molecule has 0 aliphatic carbocycles. The third kappa shape index (κ3) is 6.04. The average Bonchev–Trinajstić information content (AvgIpc) is 3.25. The molecule has 0 spiro atoms. The van der Waals surface area contributed by atoms with Crippen molar-refractivity contribution in [1.29, 1.82) is 5.26 Å². The van der Waals surface area contributed by atoms with Crippen LogP contribution in [0.25, 0.3) is 0 Å². The Balaban J connectivity index is 1.26. The Kier molecular flexibility index (Phi) is 8.43. The molecule has 1 aromatic heterocycles. The number of methoxy groups -OCH3 is 1. The number of likely N-dealkylation sites (tertiary alicyclic amines) is 1. The summed E-state index contributed by atoms with van der Waals surface area (Å²) >= 11 is 3.24. The second-order valence-electron chi connectivity index (χ2n) is 8.52. The van der Waals surface area contributed by atoms with Crippen LogP contribution in [0.1, 0.15) is 24.8 Å². The topological polar surface area (TPSA) is 130 Å². The first-order valence-electron chi connectivity index (χ1n) is 11.5. The van der Waals surface area contributed by atoms with Crippen LogP contribution in [-0.2, 0) is 23.8 Å². The monoisotopic (exact) mass is 546 g/mol. The van der Waals surface area contributed by atoms with Crippen LogP contribution in [0.15, 0.2) is 40.5 Å². The molecule has 1 unspecified atom stereocenters. The molecule has 35 heavy (non-hydrogen) atoms. The van der Waals surface area contributed by atoms with E-state index in [0.717, 1.165) is 31.7 Å². The molecule has 4 heterocycles. The SMILES string of the molecule is COC[C@@H](CO[C@@H]1CCN(C2CCN(c3ccc(C#N)cn3)CC2)C1=O)OC1=CN=NC(=O)C1Br. The first-order valence-corrected chi connectivity index (χ1v) is 12.4. The predicted octanol–water partition coefficient (Wildman–Crippen LogP) is 2.17. The number of hydrogen-bond donors (Lipinski definition) is 0. The fourth-order valence-corrected chi connectivity index (χ4v) is 4.74. The number of halogens is 1. The molecule has 0 saturated carbocycles. The van der Waals surface area contributed by atoms with Crippen LogP contribution in [0.5, 0.6) is 0 Å². The van der Waals surface area contributed by atoms with Crippen molar-refractivity contribution in [2.75, 3.05) is 44.9 Å². The van der Waals surface area contributed by atoms with Crippen molar-refractivity contribution in [3.05, 3.63) is 35.9 Å². The maximum Gasteiger partial charge on any atom is 0.285 e. The second kappa shape index (κ2) is 11.7. The summed E-state index contributed by atoms with van der Waals surface area (Å²) in [6.07, 6.45) is 4.24. The Morgan fingerprint density at radius 2 is 2.00 bits per heavy atom. The van der Waals surface area contributed by atoms with Gasteiger partial charge >= 0.3 is 0 Å². The average molecular weight is 547 g/mol. The Labute approximate surface area is 211 Å². The maximum absolute atomic E-state index is 13.1. The van der Waals surface area contributed by atoms with Gasteiger partial charge in [0, 0.05) is 45.4 Å². The smallest absolute Gasteiger partial charge is 0.285 e. The number of ether oxygens (including phenoxy) is 3. The van der Waals surface area contributed by atoms with Crippen molar-refractivity contribution in [2.45, 2.75) is 42.3 Å². The minimum Gasteiger partial charge on any atom is -0.487 e. The Bertz CT molecular complexity index is 1020. The molecule has 0 bridgehead atoms. The van der Waals surface area contributed by atoms with E-state index in [2.05, 4.69) is 42.1 Å². The number of pyridine rings is 1. The van der Waals surface area contributed by atoms with Gasteiger partial charge in [0.2, 0.25) is 0 Å². The van der Waals surface area contributed by atoms with Crippen LogP contribution < -0.4 is 4.90 Å². The van der Waals surface area contributed by atoms with Gasteiger partial charge in [-0.25, -0.2) is 4.98 Å². The van der Waals surface area contributed by atoms with E-state index >= 15 is 0 Å². The number of anilines is 1. The van der Waals surface area contributed by atoms with Crippen molar-refractivity contribution in [3.8, 4) is 6.07 Å². The summed E-state index contributed by atoms with van der Waals surface area (Å²) in [4.78, 5) is 32.6. The molecule has 11 nitrogen and oxygen atoms in total. The molecule has 0 N–H and O–H groups in total. The highest BCUT2D eigenvalue weighted by molar-refractivity contribution is 9.10. The standard InChI is InChI=1S/C23H27BrN6O5/c1-33-13-17(35-19-12-27-28-22(31)21(19)24)14-34-18-6-9-30(23(18)32)16-4-7-29(8-5-16)20-3-2-15(10-25)11-26-20/h2-3,11-12,16-18,21H,4-9,13-14H2,1H3/t17-,18+,21?/m0/s1. The van der Waals surface area contributed by atoms with E-state index in [0.29, 0.717) is 24.3 Å². The van der Waals surface area contributed by atoms with Crippen LogP contribution in [0.2, 0.25) is 0 Å². The van der Waals surface area contributed by atoms with Gasteiger partial charge in [0.25, 0.3) is 11.8 Å². The van der Waals surface area contributed by atoms with Crippen molar-refractivity contribution >= 4 is 33.6 Å². The molecule has 3 aliphatic heterocycles. The van der Waals surface area contributed by atoms with Gasteiger partial charge in [0.05, 0.1) is 25.0 Å². The fourth-order valence-electron chi connectivity index (χ4n) is 4.43. The minimum atomic E-state index is -0.701. The normalized spacial score (nSPS) is 23.9. The third-order valence-corrected chi connectivity index (χ3v) is 7.09. The van der Waals surface area contributed by atoms with Gasteiger partial charge in [0.15, 0.2) is 4.83 Å². The largest absolute Gasteiger partial charge is 0.487 e. The highest BCUT2D eigenvalue weighted by Crippen LogP contribution is 2.27. The van der Waals surface area contributed by atoms with E-state index in [1.165, 1.54) is 6.20 Å². The number of nitrogens with zero attached hydrogens (tertiary/aromatic N) is 6. The highest BCUT2D eigenvalue weighted by Gasteiger charge is 2.38. The number of amides is 2. The summed E-state index contributed by atoms with van der Waals surface area (Å²) < 4.78 is 17.0. The van der Waals surface area contributed by atoms with E-state index in [4.69, 9.17) is 19.5 Å². The van der Waals surface area contributed by atoms with Crippen molar-refractivity contribution in [3.63, 3.8) is 0 Å². The number of alkyl halides is 1. The number of hydrogen-bond acceptors (Lipinski definition) is 9. The fraction of sp³-hybridized carbons (Fsp3) is 0.565. The molecule has 2 saturated heterocycles. The summed E-state index contributed by atoms with van der Waals surface area (Å²) in [5.74, 6) is 0.735. The number of rotatable bonds is 9. The van der Waals surface area contributed by atoms with E-state index in [-0.39, 0.29) is 25.2 Å². The lowest BCUT2D eigenvalue weighted by molar-refractivity contribution is -0.142. The number of carbonyl (C=O) groups is 2. The number of aromatic nitrogens is 1. The van der Waals surface area contributed by atoms with Gasteiger partial charge in [-0.3, -0.25) is 9.59 Å². The molecule has 4 rings (SSSR count). The zero-order valence-electron chi connectivity index (χ0n) is 19.4. The Hall–Kier alpha value is -2.88. The third-order valence-electron chi connectivity index (χ3n) is 6.24. The van der Waals surface area contributed by atoms with Gasteiger partial charge in [-0.15, -0.1) is 5.11 Å². The molecular formula is C23H27BrN6O5. The van der Waals surface area contributed by atoms with E-state index in [9.17, 15) is 9.59 Å². The summed E-state index contributed by atoms with van der Waals surface area (Å²) in [6, 6.07) is 5.87. The van der Waals surface area contributed by atoms with Crippen LogP contribution in [0.4, 0.5) is 5.82 Å². The summed E-state index contributed by atoms with van der Waals surface area (Å²) in [5.41, 5.74) is 0.539. The molecule has 1 aromatic rings. The van der Waals surface area contributed by atoms with Crippen LogP contribution >= 0.6 is 15.9 Å². The first kappa shape index (κ1) is 25.2. The lowest BCUT2D eigenvalue weighted by Gasteiger charge is -2.37. The van der Waals surface area contributed by atoms with Crippen LogP contribution in [-0.4, -0.2) is 84.7 Å². The molecule has 2 amide bonds.